The minimum atomic E-state index is -0.597. The molecule has 8 nitrogen and oxygen atoms in total. The normalized spacial score (nSPS) is 14.2. The van der Waals surface area contributed by atoms with Crippen molar-refractivity contribution in [2.24, 2.45) is 0 Å². The predicted octanol–water partition coefficient (Wildman–Crippen LogP) is 4.24. The number of piperidine rings is 1. The van der Waals surface area contributed by atoms with Crippen LogP contribution in [0.5, 0.6) is 11.5 Å². The highest BCUT2D eigenvalue weighted by molar-refractivity contribution is 6.07. The van der Waals surface area contributed by atoms with Crippen molar-refractivity contribution in [3.05, 3.63) is 57.6 Å². The summed E-state index contributed by atoms with van der Waals surface area (Å²) in [5.41, 5.74) is 1.27. The van der Waals surface area contributed by atoms with Crippen LogP contribution in [-0.4, -0.2) is 42.5 Å². The lowest BCUT2D eigenvalue weighted by molar-refractivity contribution is -0.385. The molecular weight excluding hydrogens is 386 g/mol. The summed E-state index contributed by atoms with van der Waals surface area (Å²) in [6.45, 7) is 5.10. The van der Waals surface area contributed by atoms with E-state index >= 15 is 0 Å². The summed E-state index contributed by atoms with van der Waals surface area (Å²) in [6.07, 6.45) is 3.69. The molecule has 2 aromatic rings. The number of ether oxygens (including phenoxy) is 2. The second-order valence-corrected chi connectivity index (χ2v) is 7.20. The fraction of sp³-hybridized carbons (Fsp3) is 0.409. The number of rotatable bonds is 8. The van der Waals surface area contributed by atoms with E-state index in [-0.39, 0.29) is 22.7 Å². The van der Waals surface area contributed by atoms with Crippen molar-refractivity contribution in [3.63, 3.8) is 0 Å². The number of nitro benzene ring substituents is 1. The Balaban J connectivity index is 1.82. The van der Waals surface area contributed by atoms with E-state index in [9.17, 15) is 14.9 Å². The van der Waals surface area contributed by atoms with Gasteiger partial charge < -0.3 is 14.8 Å². The van der Waals surface area contributed by atoms with Crippen LogP contribution >= 0.6 is 0 Å². The van der Waals surface area contributed by atoms with E-state index in [1.807, 2.05) is 18.2 Å². The number of nitrogens with zero attached hydrogens (tertiary/aromatic N) is 2. The highest BCUT2D eigenvalue weighted by atomic mass is 16.6. The van der Waals surface area contributed by atoms with Crippen LogP contribution in [0.2, 0.25) is 0 Å². The Kier molecular flexibility index (Phi) is 7.24. The maximum absolute atomic E-state index is 12.9. The molecule has 1 amide bonds. The van der Waals surface area contributed by atoms with Crippen molar-refractivity contribution in [1.82, 2.24) is 4.90 Å². The summed E-state index contributed by atoms with van der Waals surface area (Å²) < 4.78 is 10.6. The predicted molar refractivity (Wildman–Crippen MR) is 114 cm³/mol. The molecule has 0 bridgehead atoms. The Bertz CT molecular complexity index is 910. The van der Waals surface area contributed by atoms with Crippen LogP contribution < -0.4 is 14.8 Å². The molecule has 30 heavy (non-hydrogen) atoms. The van der Waals surface area contributed by atoms with Gasteiger partial charge in [0, 0.05) is 18.3 Å². The number of benzene rings is 2. The second-order valence-electron chi connectivity index (χ2n) is 7.20. The van der Waals surface area contributed by atoms with Crippen LogP contribution in [0.4, 0.5) is 11.4 Å². The molecular formula is C22H27N3O5. The third-order valence-electron chi connectivity index (χ3n) is 5.06. The molecule has 1 heterocycles. The van der Waals surface area contributed by atoms with Gasteiger partial charge in [0.2, 0.25) is 0 Å². The molecule has 0 unspecified atom stereocenters. The molecule has 0 radical (unpaired) electrons. The third kappa shape index (κ3) is 5.27. The first-order chi connectivity index (χ1) is 14.5. The summed E-state index contributed by atoms with van der Waals surface area (Å²) in [7, 11) is 1.40. The number of amides is 1. The number of nitro groups is 1. The smallest absolute Gasteiger partial charge is 0.286 e. The SMILES string of the molecule is CCOc1cc(C(=O)Nc2cccc(CN3CCCCC3)c2)c([N+](=O)[O-])cc1OC. The van der Waals surface area contributed by atoms with Crippen molar-refractivity contribution < 1.29 is 19.2 Å². The molecule has 3 rings (SSSR count). The zero-order valence-electron chi connectivity index (χ0n) is 17.3. The fourth-order valence-electron chi connectivity index (χ4n) is 3.63. The fourth-order valence-corrected chi connectivity index (χ4v) is 3.63. The average molecular weight is 413 g/mol. The van der Waals surface area contributed by atoms with Crippen LogP contribution in [0.1, 0.15) is 42.1 Å². The van der Waals surface area contributed by atoms with Crippen molar-refractivity contribution in [3.8, 4) is 11.5 Å². The number of hydrogen-bond acceptors (Lipinski definition) is 6. The first-order valence-electron chi connectivity index (χ1n) is 10.1. The number of methoxy groups -OCH3 is 1. The lowest BCUT2D eigenvalue weighted by Gasteiger charge is -2.26. The largest absolute Gasteiger partial charge is 0.493 e. The summed E-state index contributed by atoms with van der Waals surface area (Å²) in [5.74, 6) is -0.0707. The van der Waals surface area contributed by atoms with E-state index in [1.165, 1.54) is 38.5 Å². The highest BCUT2D eigenvalue weighted by Gasteiger charge is 2.25. The van der Waals surface area contributed by atoms with Gasteiger partial charge in [-0.15, -0.1) is 0 Å². The van der Waals surface area contributed by atoms with Crippen molar-refractivity contribution in [1.29, 1.82) is 0 Å². The Morgan fingerprint density at radius 2 is 1.93 bits per heavy atom. The average Bonchev–Trinajstić information content (AvgIpc) is 2.74. The van der Waals surface area contributed by atoms with Crippen LogP contribution in [0.3, 0.4) is 0 Å². The molecule has 1 aliphatic rings. The number of likely N-dealkylation sites (tertiary alicyclic amines) is 1. The van der Waals surface area contributed by atoms with Crippen LogP contribution in [0.15, 0.2) is 36.4 Å². The van der Waals surface area contributed by atoms with Gasteiger partial charge in [0.1, 0.15) is 5.56 Å². The molecule has 0 spiro atoms. The molecule has 1 saturated heterocycles. The molecule has 0 aliphatic carbocycles. The highest BCUT2D eigenvalue weighted by Crippen LogP contribution is 2.35. The van der Waals surface area contributed by atoms with Gasteiger partial charge in [-0.25, -0.2) is 0 Å². The van der Waals surface area contributed by atoms with Gasteiger partial charge in [0.25, 0.3) is 11.6 Å². The molecule has 1 fully saturated rings. The van der Waals surface area contributed by atoms with E-state index in [4.69, 9.17) is 9.47 Å². The van der Waals surface area contributed by atoms with Gasteiger partial charge in [0.05, 0.1) is 24.7 Å². The lowest BCUT2D eigenvalue weighted by Crippen LogP contribution is -2.29. The van der Waals surface area contributed by atoms with Crippen molar-refractivity contribution >= 4 is 17.3 Å². The Labute approximate surface area is 175 Å². The Hall–Kier alpha value is -3.13. The summed E-state index contributed by atoms with van der Waals surface area (Å²) in [4.78, 5) is 26.2. The monoisotopic (exact) mass is 413 g/mol. The molecule has 0 aromatic heterocycles. The van der Waals surface area contributed by atoms with Crippen LogP contribution in [0, 0.1) is 10.1 Å². The van der Waals surface area contributed by atoms with Gasteiger partial charge in [0.15, 0.2) is 11.5 Å². The van der Waals surface area contributed by atoms with Gasteiger partial charge in [-0.1, -0.05) is 18.6 Å². The van der Waals surface area contributed by atoms with Crippen molar-refractivity contribution in [2.75, 3.05) is 32.1 Å². The Morgan fingerprint density at radius 3 is 2.60 bits per heavy atom. The molecule has 1 N–H and O–H groups in total. The van der Waals surface area contributed by atoms with E-state index < -0.39 is 10.8 Å². The minimum absolute atomic E-state index is 0.0781. The molecule has 1 aliphatic heterocycles. The maximum Gasteiger partial charge on any atom is 0.286 e. The number of carbonyl (C=O) groups is 1. The molecule has 0 atom stereocenters. The van der Waals surface area contributed by atoms with Gasteiger partial charge in [-0.3, -0.25) is 19.8 Å². The third-order valence-corrected chi connectivity index (χ3v) is 5.06. The molecule has 0 saturated carbocycles. The summed E-state index contributed by atoms with van der Waals surface area (Å²) in [5, 5.41) is 14.3. The van der Waals surface area contributed by atoms with E-state index in [0.717, 1.165) is 25.2 Å². The van der Waals surface area contributed by atoms with Gasteiger partial charge in [-0.2, -0.15) is 0 Å². The quantitative estimate of drug-likeness (QED) is 0.514. The topological polar surface area (TPSA) is 93.9 Å². The van der Waals surface area contributed by atoms with Crippen LogP contribution in [-0.2, 0) is 6.54 Å². The van der Waals surface area contributed by atoms with E-state index in [0.29, 0.717) is 12.3 Å². The number of nitrogens with one attached hydrogen (secondary N) is 1. The standard InChI is InChI=1S/C22H27N3O5/c1-3-30-21-13-18(19(25(27)28)14-20(21)29-2)22(26)23-17-9-7-8-16(12-17)15-24-10-5-4-6-11-24/h7-9,12-14H,3-6,10-11,15H2,1-2H3,(H,23,26). The maximum atomic E-state index is 12.9. The second kappa shape index (κ2) is 10.1. The number of hydrogen-bond donors (Lipinski definition) is 1. The minimum Gasteiger partial charge on any atom is -0.493 e. The Morgan fingerprint density at radius 1 is 1.17 bits per heavy atom. The lowest BCUT2D eigenvalue weighted by atomic mass is 10.1. The summed E-state index contributed by atoms with van der Waals surface area (Å²) >= 11 is 0. The number of anilines is 1. The molecule has 2 aromatic carbocycles. The van der Waals surface area contributed by atoms with E-state index in [2.05, 4.69) is 10.2 Å². The van der Waals surface area contributed by atoms with E-state index in [1.54, 1.807) is 13.0 Å². The zero-order valence-corrected chi connectivity index (χ0v) is 17.3. The first-order valence-corrected chi connectivity index (χ1v) is 10.1. The van der Waals surface area contributed by atoms with Gasteiger partial charge in [-0.05, 0) is 50.6 Å². The summed E-state index contributed by atoms with van der Waals surface area (Å²) in [6, 6.07) is 10.2. The molecule has 160 valence electrons. The molecule has 8 heteroatoms. The van der Waals surface area contributed by atoms with Gasteiger partial charge >= 0.3 is 0 Å². The first kappa shape index (κ1) is 21.6. The van der Waals surface area contributed by atoms with Crippen molar-refractivity contribution in [2.45, 2.75) is 32.7 Å². The zero-order chi connectivity index (χ0) is 21.5. The van der Waals surface area contributed by atoms with Crippen LogP contribution in [0.25, 0.3) is 0 Å². The number of carbonyl (C=O) groups excluding carboxylic acids is 1.